The Morgan fingerprint density at radius 3 is 2.77 bits per heavy atom. The minimum absolute atomic E-state index is 0.166. The fourth-order valence-corrected chi connectivity index (χ4v) is 2.45. The quantitative estimate of drug-likeness (QED) is 0.855. The first-order chi connectivity index (χ1) is 10.4. The first kappa shape index (κ1) is 16.3. The van der Waals surface area contributed by atoms with E-state index in [1.54, 1.807) is 4.57 Å². The highest BCUT2D eigenvalue weighted by Gasteiger charge is 2.27. The number of aryl methyl sites for hydroxylation is 1. The highest BCUT2D eigenvalue weighted by Crippen LogP contribution is 2.21. The van der Waals surface area contributed by atoms with Crippen LogP contribution in [0.2, 0.25) is 0 Å². The Morgan fingerprint density at radius 2 is 2.09 bits per heavy atom. The van der Waals surface area contributed by atoms with E-state index in [2.05, 4.69) is 10.2 Å². The van der Waals surface area contributed by atoms with Crippen LogP contribution in [0.4, 0.5) is 13.2 Å². The molecule has 0 saturated carbocycles. The molecule has 1 aromatic heterocycles. The van der Waals surface area contributed by atoms with Crippen LogP contribution in [0.3, 0.4) is 0 Å². The number of carbonyl (C=O) groups excluding carboxylic acids is 1. The highest BCUT2D eigenvalue weighted by molar-refractivity contribution is 7.99. The smallest absolute Gasteiger partial charge is 0.346 e. The number of thioether (sulfide) groups is 1. The maximum atomic E-state index is 12.0. The largest absolute Gasteiger partial charge is 0.405 e. The molecule has 0 saturated heterocycles. The average molecular weight is 330 g/mol. The van der Waals surface area contributed by atoms with Gasteiger partial charge in [-0.1, -0.05) is 30.0 Å². The van der Waals surface area contributed by atoms with Crippen molar-refractivity contribution in [3.05, 3.63) is 36.2 Å². The number of amides is 1. The second-order valence-electron chi connectivity index (χ2n) is 4.45. The molecule has 0 fully saturated rings. The van der Waals surface area contributed by atoms with Crippen molar-refractivity contribution < 1.29 is 18.0 Å². The molecule has 0 aliphatic heterocycles. The van der Waals surface area contributed by atoms with Crippen LogP contribution in [-0.2, 0) is 4.79 Å². The molecular weight excluding hydrogens is 317 g/mol. The van der Waals surface area contributed by atoms with Gasteiger partial charge in [-0.2, -0.15) is 13.2 Å². The summed E-state index contributed by atoms with van der Waals surface area (Å²) in [6, 6.07) is 7.53. The van der Waals surface area contributed by atoms with Crippen LogP contribution in [0, 0.1) is 6.92 Å². The third-order valence-corrected chi connectivity index (χ3v) is 3.65. The van der Waals surface area contributed by atoms with E-state index < -0.39 is 18.6 Å². The number of rotatable bonds is 5. The van der Waals surface area contributed by atoms with Gasteiger partial charge in [0.25, 0.3) is 0 Å². The topological polar surface area (TPSA) is 59.8 Å². The Bertz CT molecular complexity index is 657. The summed E-state index contributed by atoms with van der Waals surface area (Å²) in [6.45, 7) is 0.580. The van der Waals surface area contributed by atoms with Gasteiger partial charge in [0.15, 0.2) is 5.16 Å². The normalized spacial score (nSPS) is 11.5. The van der Waals surface area contributed by atoms with Crippen molar-refractivity contribution in [3.8, 4) is 5.69 Å². The number of alkyl halides is 3. The molecule has 22 heavy (non-hydrogen) atoms. The van der Waals surface area contributed by atoms with Crippen LogP contribution < -0.4 is 5.32 Å². The van der Waals surface area contributed by atoms with Crippen molar-refractivity contribution in [1.82, 2.24) is 20.1 Å². The molecule has 0 aliphatic carbocycles. The Kier molecular flexibility index (Phi) is 5.07. The maximum Gasteiger partial charge on any atom is 0.405 e. The number of carbonyl (C=O) groups is 1. The van der Waals surface area contributed by atoms with E-state index in [0.29, 0.717) is 5.16 Å². The fourth-order valence-electron chi connectivity index (χ4n) is 1.70. The summed E-state index contributed by atoms with van der Waals surface area (Å²) in [5.74, 6) is -0.873. The lowest BCUT2D eigenvalue weighted by Gasteiger charge is -2.10. The van der Waals surface area contributed by atoms with Crippen LogP contribution in [0.5, 0.6) is 0 Å². The van der Waals surface area contributed by atoms with Crippen LogP contribution in [0.15, 0.2) is 35.7 Å². The first-order valence-electron chi connectivity index (χ1n) is 6.29. The number of halogens is 3. The molecule has 5 nitrogen and oxygen atoms in total. The molecular formula is C13H13F3N4OS. The molecule has 2 aromatic rings. The van der Waals surface area contributed by atoms with E-state index in [1.807, 2.05) is 36.5 Å². The number of hydrogen-bond acceptors (Lipinski definition) is 4. The van der Waals surface area contributed by atoms with Gasteiger partial charge in [-0.05, 0) is 18.6 Å². The lowest BCUT2D eigenvalue weighted by atomic mass is 10.2. The molecule has 0 unspecified atom stereocenters. The molecule has 1 amide bonds. The van der Waals surface area contributed by atoms with Crippen molar-refractivity contribution in [1.29, 1.82) is 0 Å². The summed E-state index contributed by atoms with van der Waals surface area (Å²) in [6.07, 6.45) is -2.92. The van der Waals surface area contributed by atoms with Crippen molar-refractivity contribution in [2.75, 3.05) is 12.3 Å². The van der Waals surface area contributed by atoms with Gasteiger partial charge < -0.3 is 5.32 Å². The molecule has 2 rings (SSSR count). The molecule has 0 aliphatic rings. The van der Waals surface area contributed by atoms with Crippen LogP contribution >= 0.6 is 11.8 Å². The number of para-hydroxylation sites is 1. The first-order valence-corrected chi connectivity index (χ1v) is 7.27. The summed E-state index contributed by atoms with van der Waals surface area (Å²) in [4.78, 5) is 11.4. The minimum atomic E-state index is -4.42. The van der Waals surface area contributed by atoms with Crippen molar-refractivity contribution in [2.45, 2.75) is 18.3 Å². The van der Waals surface area contributed by atoms with Gasteiger partial charge in [-0.25, -0.2) is 0 Å². The molecule has 1 heterocycles. The summed E-state index contributed by atoms with van der Waals surface area (Å²) in [5, 5.41) is 9.93. The van der Waals surface area contributed by atoms with Gasteiger partial charge in [0.05, 0.1) is 11.4 Å². The standard InChI is InChI=1S/C13H13F3N4OS/c1-9-4-2-3-5-10(9)20-8-18-19-12(20)22-6-11(21)17-7-13(14,15)16/h2-5,8H,6-7H2,1H3,(H,17,21). The Hall–Kier alpha value is -2.03. The summed E-state index contributed by atoms with van der Waals surface area (Å²) in [5.41, 5.74) is 1.84. The summed E-state index contributed by atoms with van der Waals surface area (Å²) >= 11 is 1.03. The predicted octanol–water partition coefficient (Wildman–Crippen LogP) is 2.35. The Morgan fingerprint density at radius 1 is 1.36 bits per heavy atom. The SMILES string of the molecule is Cc1ccccc1-n1cnnc1SCC(=O)NCC(F)(F)F. The number of hydrogen-bond donors (Lipinski definition) is 1. The van der Waals surface area contributed by atoms with E-state index in [1.165, 1.54) is 6.33 Å². The van der Waals surface area contributed by atoms with Gasteiger partial charge in [0.1, 0.15) is 12.9 Å². The Balaban J connectivity index is 1.99. The van der Waals surface area contributed by atoms with Crippen LogP contribution in [0.25, 0.3) is 5.69 Å². The Labute approximate surface area is 128 Å². The third kappa shape index (κ3) is 4.48. The van der Waals surface area contributed by atoms with Gasteiger partial charge in [0.2, 0.25) is 5.91 Å². The fraction of sp³-hybridized carbons (Fsp3) is 0.308. The van der Waals surface area contributed by atoms with E-state index in [-0.39, 0.29) is 5.75 Å². The monoisotopic (exact) mass is 330 g/mol. The van der Waals surface area contributed by atoms with Crippen LogP contribution in [-0.4, -0.2) is 39.1 Å². The molecule has 0 radical (unpaired) electrons. The van der Waals surface area contributed by atoms with Gasteiger partial charge in [-0.3, -0.25) is 9.36 Å². The molecule has 0 spiro atoms. The van der Waals surface area contributed by atoms with Crippen LogP contribution in [0.1, 0.15) is 5.56 Å². The highest BCUT2D eigenvalue weighted by atomic mass is 32.2. The van der Waals surface area contributed by atoms with Gasteiger partial charge >= 0.3 is 6.18 Å². The van der Waals surface area contributed by atoms with E-state index in [4.69, 9.17) is 0 Å². The number of nitrogens with one attached hydrogen (secondary N) is 1. The third-order valence-electron chi connectivity index (χ3n) is 2.71. The summed E-state index contributed by atoms with van der Waals surface area (Å²) in [7, 11) is 0. The number of benzene rings is 1. The molecule has 9 heteroatoms. The average Bonchev–Trinajstić information content (AvgIpc) is 2.91. The lowest BCUT2D eigenvalue weighted by Crippen LogP contribution is -2.34. The second kappa shape index (κ2) is 6.82. The summed E-state index contributed by atoms with van der Waals surface area (Å²) < 4.78 is 37.7. The van der Waals surface area contributed by atoms with Gasteiger partial charge in [-0.15, -0.1) is 10.2 Å². The van der Waals surface area contributed by atoms with Crippen molar-refractivity contribution >= 4 is 17.7 Å². The lowest BCUT2D eigenvalue weighted by molar-refractivity contribution is -0.136. The van der Waals surface area contributed by atoms with E-state index >= 15 is 0 Å². The molecule has 1 aromatic carbocycles. The molecule has 0 bridgehead atoms. The van der Waals surface area contributed by atoms with Gasteiger partial charge in [0, 0.05) is 0 Å². The zero-order valence-corrected chi connectivity index (χ0v) is 12.4. The van der Waals surface area contributed by atoms with E-state index in [9.17, 15) is 18.0 Å². The predicted molar refractivity (Wildman–Crippen MR) is 75.9 cm³/mol. The molecule has 118 valence electrons. The van der Waals surface area contributed by atoms with Crippen molar-refractivity contribution in [2.24, 2.45) is 0 Å². The van der Waals surface area contributed by atoms with E-state index in [0.717, 1.165) is 23.0 Å². The maximum absolute atomic E-state index is 12.0. The molecule has 0 atom stereocenters. The number of aromatic nitrogens is 3. The zero-order valence-electron chi connectivity index (χ0n) is 11.6. The second-order valence-corrected chi connectivity index (χ2v) is 5.39. The number of nitrogens with zero attached hydrogens (tertiary/aromatic N) is 3. The zero-order chi connectivity index (χ0) is 16.2. The minimum Gasteiger partial charge on any atom is -0.346 e. The van der Waals surface area contributed by atoms with Crippen molar-refractivity contribution in [3.63, 3.8) is 0 Å². The molecule has 1 N–H and O–H groups in total.